The molecule has 2 heterocycles. The van der Waals surface area contributed by atoms with E-state index in [2.05, 4.69) is 20.6 Å². The highest BCUT2D eigenvalue weighted by Crippen LogP contribution is 2.20. The van der Waals surface area contributed by atoms with E-state index in [1.165, 1.54) is 6.33 Å². The van der Waals surface area contributed by atoms with E-state index in [0.717, 1.165) is 17.2 Å². The van der Waals surface area contributed by atoms with Crippen LogP contribution in [0.3, 0.4) is 0 Å². The van der Waals surface area contributed by atoms with Crippen molar-refractivity contribution in [2.24, 2.45) is 0 Å². The van der Waals surface area contributed by atoms with Gasteiger partial charge < -0.3 is 16.4 Å². The molecule has 9 nitrogen and oxygen atoms in total. The minimum Gasteiger partial charge on any atom is -0.383 e. The van der Waals surface area contributed by atoms with E-state index in [9.17, 15) is 13.2 Å². The zero-order chi connectivity index (χ0) is 18.0. The van der Waals surface area contributed by atoms with Crippen LogP contribution in [-0.4, -0.2) is 55.8 Å². The topological polar surface area (TPSA) is 136 Å². The molecule has 2 unspecified atom stereocenters. The molecule has 0 spiro atoms. The first kappa shape index (κ1) is 17.5. The number of benzene rings is 1. The van der Waals surface area contributed by atoms with E-state index in [4.69, 9.17) is 9.92 Å². The average Bonchev–Trinajstić information content (AvgIpc) is 2.53. The number of fused-ring (bicyclic) bond motifs is 1. The number of nitrogens with one attached hydrogen (secondary N) is 2. The molecule has 2 atom stereocenters. The van der Waals surface area contributed by atoms with Crippen molar-refractivity contribution in [2.45, 2.75) is 18.6 Å². The Morgan fingerprint density at radius 3 is 2.92 bits per heavy atom. The zero-order valence-electron chi connectivity index (χ0n) is 13.6. The molecule has 1 aromatic carbocycles. The molecule has 3 rings (SSSR count). The SMILES string of the molecule is CS(=O)(=O)OC(Cc1ccc2c(N)ncnc2c1)C1CNCC(=O)N1. The van der Waals surface area contributed by atoms with Crippen LogP contribution in [0.5, 0.6) is 0 Å². The Kier molecular flexibility index (Phi) is 4.84. The van der Waals surface area contributed by atoms with Crippen LogP contribution < -0.4 is 16.4 Å². The van der Waals surface area contributed by atoms with Crippen molar-refractivity contribution in [1.82, 2.24) is 20.6 Å². The molecule has 0 bridgehead atoms. The van der Waals surface area contributed by atoms with Crippen LogP contribution in [-0.2, 0) is 25.5 Å². The van der Waals surface area contributed by atoms with Gasteiger partial charge in [0.15, 0.2) is 0 Å². The number of hydrogen-bond donors (Lipinski definition) is 3. The normalized spacial score (nSPS) is 19.6. The molecule has 1 aromatic heterocycles. The summed E-state index contributed by atoms with van der Waals surface area (Å²) in [6.07, 6.45) is 1.92. The average molecular weight is 365 g/mol. The highest BCUT2D eigenvalue weighted by molar-refractivity contribution is 7.86. The van der Waals surface area contributed by atoms with E-state index in [0.29, 0.717) is 24.3 Å². The first-order valence-electron chi connectivity index (χ1n) is 7.69. The Balaban J connectivity index is 1.87. The van der Waals surface area contributed by atoms with Gasteiger partial charge >= 0.3 is 0 Å². The Morgan fingerprint density at radius 1 is 1.40 bits per heavy atom. The molecule has 134 valence electrons. The summed E-state index contributed by atoms with van der Waals surface area (Å²) in [7, 11) is -3.68. The van der Waals surface area contributed by atoms with Crippen molar-refractivity contribution >= 4 is 32.7 Å². The fourth-order valence-electron chi connectivity index (χ4n) is 2.83. The Morgan fingerprint density at radius 2 is 2.20 bits per heavy atom. The van der Waals surface area contributed by atoms with E-state index in [-0.39, 0.29) is 12.5 Å². The number of nitrogens with zero attached hydrogens (tertiary/aromatic N) is 2. The van der Waals surface area contributed by atoms with Crippen LogP contribution >= 0.6 is 0 Å². The fraction of sp³-hybridized carbons (Fsp3) is 0.400. The Hall–Kier alpha value is -2.30. The van der Waals surface area contributed by atoms with Crippen molar-refractivity contribution in [3.63, 3.8) is 0 Å². The van der Waals surface area contributed by atoms with Gasteiger partial charge in [-0.2, -0.15) is 8.42 Å². The Labute approximate surface area is 145 Å². The summed E-state index contributed by atoms with van der Waals surface area (Å²) in [6.45, 7) is 0.628. The second-order valence-corrected chi connectivity index (χ2v) is 7.56. The maximum absolute atomic E-state index is 11.6. The minimum atomic E-state index is -3.68. The van der Waals surface area contributed by atoms with Crippen LogP contribution in [0.4, 0.5) is 5.82 Å². The number of anilines is 1. The molecule has 0 aliphatic carbocycles. The number of carbonyl (C=O) groups excluding carboxylic acids is 1. The molecule has 0 radical (unpaired) electrons. The molecule has 2 aromatic rings. The van der Waals surface area contributed by atoms with E-state index in [1.54, 1.807) is 6.07 Å². The minimum absolute atomic E-state index is 0.197. The van der Waals surface area contributed by atoms with Gasteiger partial charge in [-0.25, -0.2) is 9.97 Å². The molecule has 1 fully saturated rings. The van der Waals surface area contributed by atoms with Crippen molar-refractivity contribution < 1.29 is 17.4 Å². The quantitative estimate of drug-likeness (QED) is 0.585. The summed E-state index contributed by atoms with van der Waals surface area (Å²) in [5, 5.41) is 6.44. The van der Waals surface area contributed by atoms with Gasteiger partial charge in [-0.05, 0) is 17.7 Å². The molecule has 0 saturated carbocycles. The van der Waals surface area contributed by atoms with Gasteiger partial charge in [0.1, 0.15) is 18.2 Å². The third kappa shape index (κ3) is 4.41. The molecule has 25 heavy (non-hydrogen) atoms. The number of carbonyl (C=O) groups is 1. The van der Waals surface area contributed by atoms with Crippen LogP contribution in [0.15, 0.2) is 24.5 Å². The van der Waals surface area contributed by atoms with Gasteiger partial charge in [0.25, 0.3) is 10.1 Å². The van der Waals surface area contributed by atoms with Gasteiger partial charge in [-0.1, -0.05) is 6.07 Å². The number of nitrogen functional groups attached to an aromatic ring is 1. The number of rotatable bonds is 5. The lowest BCUT2D eigenvalue weighted by atomic mass is 10.00. The lowest BCUT2D eigenvalue weighted by Crippen LogP contribution is -2.58. The third-order valence-electron chi connectivity index (χ3n) is 3.91. The van der Waals surface area contributed by atoms with Crippen molar-refractivity contribution in [3.05, 3.63) is 30.1 Å². The molecule has 1 aliphatic rings. The summed E-state index contributed by atoms with van der Waals surface area (Å²) in [4.78, 5) is 19.7. The second kappa shape index (κ2) is 6.90. The maximum atomic E-state index is 11.6. The summed E-state index contributed by atoms with van der Waals surface area (Å²) in [5.74, 6) is 0.182. The highest BCUT2D eigenvalue weighted by Gasteiger charge is 2.30. The number of piperazine rings is 1. The van der Waals surface area contributed by atoms with Gasteiger partial charge in [0, 0.05) is 18.4 Å². The first-order chi connectivity index (χ1) is 11.8. The number of aromatic nitrogens is 2. The summed E-state index contributed by atoms with van der Waals surface area (Å²) in [5.41, 5.74) is 7.29. The van der Waals surface area contributed by atoms with Crippen molar-refractivity contribution in [2.75, 3.05) is 25.1 Å². The molecular formula is C15H19N5O4S. The number of amides is 1. The lowest BCUT2D eigenvalue weighted by Gasteiger charge is -2.30. The van der Waals surface area contributed by atoms with Crippen LogP contribution in [0, 0.1) is 0 Å². The maximum Gasteiger partial charge on any atom is 0.264 e. The fourth-order valence-corrected chi connectivity index (χ4v) is 3.48. The molecule has 1 saturated heterocycles. The molecule has 1 amide bonds. The molecular weight excluding hydrogens is 346 g/mol. The van der Waals surface area contributed by atoms with Gasteiger partial charge in [0.05, 0.1) is 24.4 Å². The summed E-state index contributed by atoms with van der Waals surface area (Å²) in [6, 6.07) is 4.96. The van der Waals surface area contributed by atoms with Crippen LogP contribution in [0.25, 0.3) is 10.9 Å². The monoisotopic (exact) mass is 365 g/mol. The van der Waals surface area contributed by atoms with Crippen LogP contribution in [0.2, 0.25) is 0 Å². The zero-order valence-corrected chi connectivity index (χ0v) is 14.4. The van der Waals surface area contributed by atoms with Crippen molar-refractivity contribution in [1.29, 1.82) is 0 Å². The van der Waals surface area contributed by atoms with E-state index < -0.39 is 22.3 Å². The van der Waals surface area contributed by atoms with Gasteiger partial charge in [-0.3, -0.25) is 8.98 Å². The highest BCUT2D eigenvalue weighted by atomic mass is 32.2. The molecule has 1 aliphatic heterocycles. The predicted octanol–water partition coefficient (Wildman–Crippen LogP) is -0.813. The smallest absolute Gasteiger partial charge is 0.264 e. The standard InChI is InChI=1S/C15H19N5O4S/c1-25(22,23)24-13(12-6-17-7-14(21)20-12)5-9-2-3-10-11(4-9)18-8-19-15(10)16/h2-4,8,12-13,17H,5-7H2,1H3,(H,20,21)(H2,16,18,19). The van der Waals surface area contributed by atoms with Crippen LogP contribution in [0.1, 0.15) is 5.56 Å². The number of nitrogens with two attached hydrogens (primary N) is 1. The lowest BCUT2D eigenvalue weighted by molar-refractivity contribution is -0.123. The largest absolute Gasteiger partial charge is 0.383 e. The molecule has 4 N–H and O–H groups in total. The van der Waals surface area contributed by atoms with Gasteiger partial charge in [-0.15, -0.1) is 0 Å². The van der Waals surface area contributed by atoms with E-state index in [1.807, 2.05) is 12.1 Å². The third-order valence-corrected chi connectivity index (χ3v) is 4.51. The second-order valence-electron chi connectivity index (χ2n) is 5.96. The number of hydrogen-bond acceptors (Lipinski definition) is 8. The molecule has 10 heteroatoms. The van der Waals surface area contributed by atoms with E-state index >= 15 is 0 Å². The van der Waals surface area contributed by atoms with Gasteiger partial charge in [0.2, 0.25) is 5.91 Å². The van der Waals surface area contributed by atoms with Crippen molar-refractivity contribution in [3.8, 4) is 0 Å². The predicted molar refractivity (Wildman–Crippen MR) is 92.2 cm³/mol. The summed E-state index contributed by atoms with van der Waals surface area (Å²) < 4.78 is 28.5. The first-order valence-corrected chi connectivity index (χ1v) is 9.51. The Bertz CT molecular complexity index is 902. The summed E-state index contributed by atoms with van der Waals surface area (Å²) >= 11 is 0.